The summed E-state index contributed by atoms with van der Waals surface area (Å²) in [6, 6.07) is 6.81. The van der Waals surface area contributed by atoms with E-state index in [2.05, 4.69) is 0 Å². The monoisotopic (exact) mass is 291 g/mol. The molecule has 3 amide bonds. The van der Waals surface area contributed by atoms with Crippen molar-refractivity contribution in [1.82, 2.24) is 4.90 Å². The van der Waals surface area contributed by atoms with Crippen LogP contribution in [0.5, 0.6) is 0 Å². The van der Waals surface area contributed by atoms with Gasteiger partial charge in [0, 0.05) is 11.7 Å². The third-order valence-electron chi connectivity index (χ3n) is 3.36. The van der Waals surface area contributed by atoms with Crippen LogP contribution in [0.2, 0.25) is 0 Å². The molecule has 0 spiro atoms. The van der Waals surface area contributed by atoms with Crippen LogP contribution in [0, 0.1) is 0 Å². The third kappa shape index (κ3) is 3.13. The predicted molar refractivity (Wildman–Crippen MR) is 75.9 cm³/mol. The molecule has 0 aromatic heterocycles. The zero-order valence-electron chi connectivity index (χ0n) is 11.7. The molecular weight excluding hydrogens is 274 g/mol. The first-order chi connectivity index (χ1) is 9.90. The smallest absolute Gasteiger partial charge is 0.325 e. The summed E-state index contributed by atoms with van der Waals surface area (Å²) in [5.74, 6) is -1.94. The molecule has 1 aromatic carbocycles. The number of nitrogens with zero attached hydrogens (tertiary/aromatic N) is 2. The van der Waals surface area contributed by atoms with E-state index < -0.39 is 31.0 Å². The Morgan fingerprint density at radius 1 is 1.33 bits per heavy atom. The van der Waals surface area contributed by atoms with Crippen molar-refractivity contribution in [2.24, 2.45) is 5.73 Å². The van der Waals surface area contributed by atoms with Crippen LogP contribution in [-0.4, -0.2) is 47.0 Å². The van der Waals surface area contributed by atoms with Gasteiger partial charge in [-0.1, -0.05) is 18.2 Å². The number of carbonyl (C=O) groups excluding carboxylic acids is 2. The Balaban J connectivity index is 2.28. The van der Waals surface area contributed by atoms with Gasteiger partial charge >= 0.3 is 12.0 Å². The van der Waals surface area contributed by atoms with E-state index in [0.717, 1.165) is 16.2 Å². The molecular formula is C14H17N3O4. The summed E-state index contributed by atoms with van der Waals surface area (Å²) >= 11 is 0. The van der Waals surface area contributed by atoms with Gasteiger partial charge in [-0.05, 0) is 25.0 Å². The maximum absolute atomic E-state index is 12.6. The highest BCUT2D eigenvalue weighted by atomic mass is 16.4. The summed E-state index contributed by atoms with van der Waals surface area (Å²) in [4.78, 5) is 37.0. The number of urea groups is 1. The van der Waals surface area contributed by atoms with Crippen LogP contribution < -0.4 is 10.6 Å². The number of rotatable bonds is 4. The number of anilines is 1. The lowest BCUT2D eigenvalue weighted by molar-refractivity contribution is -0.137. The number of carbonyl (C=O) groups is 3. The average Bonchev–Trinajstić information content (AvgIpc) is 2.71. The first-order valence-electron chi connectivity index (χ1n) is 6.56. The summed E-state index contributed by atoms with van der Waals surface area (Å²) in [5, 5.41) is 8.89. The van der Waals surface area contributed by atoms with Crippen LogP contribution in [0.25, 0.3) is 0 Å². The van der Waals surface area contributed by atoms with E-state index in [-0.39, 0.29) is 6.04 Å². The molecule has 0 fully saturated rings. The molecule has 112 valence electrons. The number of primary amides is 1. The van der Waals surface area contributed by atoms with Gasteiger partial charge in [0.2, 0.25) is 5.91 Å². The van der Waals surface area contributed by atoms with Crippen molar-refractivity contribution in [2.75, 3.05) is 18.0 Å². The Kier molecular flexibility index (Phi) is 4.11. The SMILES string of the molecule is CC1Cc2ccccc2N1C(=O)N(CC(N)=O)CC(=O)O. The van der Waals surface area contributed by atoms with Gasteiger partial charge in [-0.25, -0.2) is 4.79 Å². The van der Waals surface area contributed by atoms with Gasteiger partial charge in [0.1, 0.15) is 13.1 Å². The Labute approximate surface area is 121 Å². The van der Waals surface area contributed by atoms with Gasteiger partial charge in [0.05, 0.1) is 0 Å². The second-order valence-electron chi connectivity index (χ2n) is 5.05. The minimum absolute atomic E-state index is 0.0981. The molecule has 1 heterocycles. The summed E-state index contributed by atoms with van der Waals surface area (Å²) in [6.45, 7) is 0.894. The predicted octanol–water partition coefficient (Wildman–Crippen LogP) is 0.430. The molecule has 1 atom stereocenters. The Bertz CT molecular complexity index is 571. The number of nitrogens with two attached hydrogens (primary N) is 1. The van der Waals surface area contributed by atoms with E-state index in [1.165, 1.54) is 4.90 Å². The van der Waals surface area contributed by atoms with E-state index in [1.54, 1.807) is 6.07 Å². The highest BCUT2D eigenvalue weighted by Crippen LogP contribution is 2.32. The van der Waals surface area contributed by atoms with E-state index >= 15 is 0 Å². The molecule has 2 rings (SSSR count). The lowest BCUT2D eigenvalue weighted by Crippen LogP contribution is -2.50. The normalized spacial score (nSPS) is 16.4. The van der Waals surface area contributed by atoms with Crippen molar-refractivity contribution in [3.63, 3.8) is 0 Å². The Morgan fingerprint density at radius 3 is 2.62 bits per heavy atom. The second kappa shape index (κ2) is 5.82. The fourth-order valence-corrected chi connectivity index (χ4v) is 2.55. The van der Waals surface area contributed by atoms with Crippen molar-refractivity contribution in [1.29, 1.82) is 0 Å². The van der Waals surface area contributed by atoms with Crippen LogP contribution in [0.4, 0.5) is 10.5 Å². The number of carboxylic acid groups (broad SMARTS) is 1. The highest BCUT2D eigenvalue weighted by Gasteiger charge is 2.34. The number of hydrogen-bond acceptors (Lipinski definition) is 3. The fraction of sp³-hybridized carbons (Fsp3) is 0.357. The molecule has 1 unspecified atom stereocenters. The van der Waals surface area contributed by atoms with Crippen molar-refractivity contribution in [3.8, 4) is 0 Å². The molecule has 7 heteroatoms. The van der Waals surface area contributed by atoms with Crippen LogP contribution in [0.1, 0.15) is 12.5 Å². The van der Waals surface area contributed by atoms with Crippen molar-refractivity contribution >= 4 is 23.6 Å². The van der Waals surface area contributed by atoms with Crippen LogP contribution in [0.15, 0.2) is 24.3 Å². The topological polar surface area (TPSA) is 104 Å². The summed E-state index contributed by atoms with van der Waals surface area (Å²) in [5.41, 5.74) is 6.86. The molecule has 1 aliphatic rings. The van der Waals surface area contributed by atoms with Gasteiger partial charge in [-0.15, -0.1) is 0 Å². The number of benzene rings is 1. The number of hydrogen-bond donors (Lipinski definition) is 2. The fourth-order valence-electron chi connectivity index (χ4n) is 2.55. The highest BCUT2D eigenvalue weighted by molar-refractivity contribution is 5.98. The molecule has 7 nitrogen and oxygen atoms in total. The lowest BCUT2D eigenvalue weighted by atomic mass is 10.1. The summed E-state index contributed by atoms with van der Waals surface area (Å²) in [6.07, 6.45) is 0.694. The summed E-state index contributed by atoms with van der Waals surface area (Å²) < 4.78 is 0. The quantitative estimate of drug-likeness (QED) is 0.839. The molecule has 0 aliphatic carbocycles. The second-order valence-corrected chi connectivity index (χ2v) is 5.05. The number of para-hydroxylation sites is 1. The molecule has 1 aromatic rings. The number of amides is 3. The van der Waals surface area contributed by atoms with E-state index in [1.807, 2.05) is 25.1 Å². The molecule has 21 heavy (non-hydrogen) atoms. The van der Waals surface area contributed by atoms with Crippen LogP contribution >= 0.6 is 0 Å². The third-order valence-corrected chi connectivity index (χ3v) is 3.36. The van der Waals surface area contributed by atoms with E-state index in [4.69, 9.17) is 10.8 Å². The number of fused-ring (bicyclic) bond motifs is 1. The molecule has 0 saturated heterocycles. The van der Waals surface area contributed by atoms with Gasteiger partial charge in [-0.2, -0.15) is 0 Å². The van der Waals surface area contributed by atoms with E-state index in [9.17, 15) is 14.4 Å². The largest absolute Gasteiger partial charge is 0.480 e. The minimum Gasteiger partial charge on any atom is -0.480 e. The Hall–Kier alpha value is -2.57. The van der Waals surface area contributed by atoms with Crippen LogP contribution in [-0.2, 0) is 16.0 Å². The molecule has 1 aliphatic heterocycles. The number of aliphatic carboxylic acids is 1. The van der Waals surface area contributed by atoms with Gasteiger partial charge in [0.15, 0.2) is 0 Å². The molecule has 3 N–H and O–H groups in total. The molecule has 0 bridgehead atoms. The zero-order chi connectivity index (χ0) is 15.6. The maximum Gasteiger partial charge on any atom is 0.325 e. The van der Waals surface area contributed by atoms with Crippen molar-refractivity contribution < 1.29 is 19.5 Å². The zero-order valence-corrected chi connectivity index (χ0v) is 11.7. The first kappa shape index (κ1) is 14.8. The van der Waals surface area contributed by atoms with Gasteiger partial charge in [0.25, 0.3) is 0 Å². The standard InChI is InChI=1S/C14H17N3O4/c1-9-6-10-4-2-3-5-11(10)17(9)14(21)16(7-12(15)18)8-13(19)20/h2-5,9H,6-8H2,1H3,(H2,15,18)(H,19,20). The first-order valence-corrected chi connectivity index (χ1v) is 6.56. The van der Waals surface area contributed by atoms with Crippen molar-refractivity contribution in [2.45, 2.75) is 19.4 Å². The molecule has 0 radical (unpaired) electrons. The molecule has 0 saturated carbocycles. The average molecular weight is 291 g/mol. The maximum atomic E-state index is 12.6. The van der Waals surface area contributed by atoms with Crippen molar-refractivity contribution in [3.05, 3.63) is 29.8 Å². The summed E-state index contributed by atoms with van der Waals surface area (Å²) in [7, 11) is 0. The minimum atomic E-state index is -1.19. The van der Waals surface area contributed by atoms with E-state index in [0.29, 0.717) is 6.42 Å². The number of carboxylic acids is 1. The Morgan fingerprint density at radius 2 is 2.00 bits per heavy atom. The van der Waals surface area contributed by atoms with Gasteiger partial charge < -0.3 is 15.7 Å². The lowest BCUT2D eigenvalue weighted by Gasteiger charge is -2.29. The van der Waals surface area contributed by atoms with Crippen LogP contribution in [0.3, 0.4) is 0 Å². The van der Waals surface area contributed by atoms with Gasteiger partial charge in [-0.3, -0.25) is 14.5 Å².